The number of carbonyl (C=O) groups is 2. The lowest BCUT2D eigenvalue weighted by atomic mass is 10.1. The minimum absolute atomic E-state index is 0.0405. The molecule has 2 aromatic rings. The van der Waals surface area contributed by atoms with E-state index in [1.165, 1.54) is 23.1 Å². The van der Waals surface area contributed by atoms with E-state index in [0.717, 1.165) is 9.90 Å². The number of nitrogens with one attached hydrogen (secondary N) is 2. The number of carbonyl (C=O) groups excluding carboxylic acids is 2. The first-order valence-corrected chi connectivity index (χ1v) is 8.27. The summed E-state index contributed by atoms with van der Waals surface area (Å²) in [6, 6.07) is 5.20. The van der Waals surface area contributed by atoms with Gasteiger partial charge in [-0.15, -0.1) is 23.1 Å². The van der Waals surface area contributed by atoms with Crippen molar-refractivity contribution >= 4 is 40.6 Å². The van der Waals surface area contributed by atoms with Gasteiger partial charge >= 0.3 is 0 Å². The zero-order chi connectivity index (χ0) is 14.8. The highest BCUT2D eigenvalue weighted by Crippen LogP contribution is 2.32. The summed E-state index contributed by atoms with van der Waals surface area (Å²) in [4.78, 5) is 28.8. The molecule has 2 N–H and O–H groups in total. The van der Waals surface area contributed by atoms with Crippen molar-refractivity contribution in [3.8, 4) is 0 Å². The maximum Gasteiger partial charge on any atom is 0.251 e. The standard InChI is InChI=1S/C14H13N3O2S2/c1-8(14-15-4-5-20-14)16-13(19)9-2-3-11-10(6-9)17-12(18)7-21-11/h2-6,8H,7H2,1H3,(H,16,19)(H,17,18)/t8-/m1/s1. The predicted molar refractivity (Wildman–Crippen MR) is 83.8 cm³/mol. The van der Waals surface area contributed by atoms with Crippen molar-refractivity contribution in [2.24, 2.45) is 0 Å². The van der Waals surface area contributed by atoms with Gasteiger partial charge in [-0.25, -0.2) is 4.98 Å². The van der Waals surface area contributed by atoms with Gasteiger partial charge < -0.3 is 10.6 Å². The van der Waals surface area contributed by atoms with Gasteiger partial charge in [0.05, 0.1) is 17.5 Å². The number of aromatic nitrogens is 1. The van der Waals surface area contributed by atoms with Crippen LogP contribution in [0.1, 0.15) is 28.3 Å². The van der Waals surface area contributed by atoms with Crippen molar-refractivity contribution < 1.29 is 9.59 Å². The van der Waals surface area contributed by atoms with Gasteiger partial charge in [-0.05, 0) is 25.1 Å². The van der Waals surface area contributed by atoms with Crippen molar-refractivity contribution in [2.75, 3.05) is 11.1 Å². The van der Waals surface area contributed by atoms with Crippen LogP contribution in [0.2, 0.25) is 0 Å². The summed E-state index contributed by atoms with van der Waals surface area (Å²) >= 11 is 2.98. The second kappa shape index (κ2) is 5.87. The Morgan fingerprint density at radius 3 is 3.10 bits per heavy atom. The van der Waals surface area contributed by atoms with E-state index in [2.05, 4.69) is 15.6 Å². The second-order valence-corrected chi connectivity index (χ2v) is 6.56. The van der Waals surface area contributed by atoms with Crippen LogP contribution < -0.4 is 10.6 Å². The zero-order valence-electron chi connectivity index (χ0n) is 11.3. The topological polar surface area (TPSA) is 71.1 Å². The van der Waals surface area contributed by atoms with Crippen LogP contribution in [0.5, 0.6) is 0 Å². The molecular formula is C14H13N3O2S2. The van der Waals surface area contributed by atoms with E-state index in [1.54, 1.807) is 18.3 Å². The molecule has 0 spiro atoms. The highest BCUT2D eigenvalue weighted by Gasteiger charge is 2.18. The van der Waals surface area contributed by atoms with E-state index >= 15 is 0 Å². The number of thiazole rings is 1. The van der Waals surface area contributed by atoms with Crippen LogP contribution in [-0.2, 0) is 4.79 Å². The van der Waals surface area contributed by atoms with Crippen LogP contribution >= 0.6 is 23.1 Å². The number of anilines is 1. The third-order valence-electron chi connectivity index (χ3n) is 3.04. The van der Waals surface area contributed by atoms with E-state index in [1.807, 2.05) is 18.4 Å². The Labute approximate surface area is 130 Å². The van der Waals surface area contributed by atoms with Crippen LogP contribution in [0.3, 0.4) is 0 Å². The summed E-state index contributed by atoms with van der Waals surface area (Å²) in [6.07, 6.45) is 1.72. The van der Waals surface area contributed by atoms with E-state index in [-0.39, 0.29) is 17.9 Å². The molecule has 0 radical (unpaired) electrons. The molecule has 0 bridgehead atoms. The third-order valence-corrected chi connectivity index (χ3v) is 5.08. The molecule has 0 saturated heterocycles. The van der Waals surface area contributed by atoms with Crippen molar-refractivity contribution in [1.29, 1.82) is 0 Å². The number of amides is 2. The van der Waals surface area contributed by atoms with Gasteiger partial charge in [0.25, 0.3) is 5.91 Å². The molecule has 0 saturated carbocycles. The molecule has 1 aliphatic heterocycles. The average molecular weight is 319 g/mol. The molecule has 2 heterocycles. The molecular weight excluding hydrogens is 306 g/mol. The van der Waals surface area contributed by atoms with Crippen LogP contribution in [0.15, 0.2) is 34.7 Å². The molecule has 1 aliphatic rings. The Balaban J connectivity index is 1.76. The molecule has 2 amide bonds. The predicted octanol–water partition coefficient (Wildman–Crippen LogP) is 2.68. The number of thioether (sulfide) groups is 1. The van der Waals surface area contributed by atoms with Crippen molar-refractivity contribution in [3.05, 3.63) is 40.3 Å². The van der Waals surface area contributed by atoms with E-state index < -0.39 is 0 Å². The van der Waals surface area contributed by atoms with Gasteiger partial charge in [0.2, 0.25) is 5.91 Å². The summed E-state index contributed by atoms with van der Waals surface area (Å²) in [6.45, 7) is 1.90. The number of nitrogens with zero attached hydrogens (tertiary/aromatic N) is 1. The molecule has 21 heavy (non-hydrogen) atoms. The summed E-state index contributed by atoms with van der Waals surface area (Å²) in [5, 5.41) is 8.44. The van der Waals surface area contributed by atoms with Crippen molar-refractivity contribution in [1.82, 2.24) is 10.3 Å². The number of benzene rings is 1. The molecule has 1 aromatic heterocycles. The van der Waals surface area contributed by atoms with Gasteiger partial charge in [0.15, 0.2) is 0 Å². The number of hydrogen-bond acceptors (Lipinski definition) is 5. The van der Waals surface area contributed by atoms with Crippen LogP contribution in [0.25, 0.3) is 0 Å². The number of hydrogen-bond donors (Lipinski definition) is 2. The van der Waals surface area contributed by atoms with Gasteiger partial charge in [0, 0.05) is 22.0 Å². The number of rotatable bonds is 3. The van der Waals surface area contributed by atoms with Crippen molar-refractivity contribution in [3.63, 3.8) is 0 Å². The smallest absolute Gasteiger partial charge is 0.251 e. The van der Waals surface area contributed by atoms with Crippen molar-refractivity contribution in [2.45, 2.75) is 17.9 Å². The van der Waals surface area contributed by atoms with Gasteiger partial charge in [0.1, 0.15) is 5.01 Å². The fourth-order valence-corrected chi connectivity index (χ4v) is 3.45. The SMILES string of the molecule is C[C@@H](NC(=O)c1ccc2c(c1)NC(=O)CS2)c1nccs1. The Bertz CT molecular complexity index is 686. The molecule has 5 nitrogen and oxygen atoms in total. The molecule has 1 aromatic carbocycles. The van der Waals surface area contributed by atoms with Gasteiger partial charge in [-0.2, -0.15) is 0 Å². The number of fused-ring (bicyclic) bond motifs is 1. The van der Waals surface area contributed by atoms with E-state index in [4.69, 9.17) is 0 Å². The van der Waals surface area contributed by atoms with Crippen LogP contribution in [0, 0.1) is 0 Å². The van der Waals surface area contributed by atoms with Gasteiger partial charge in [-0.3, -0.25) is 9.59 Å². The fraction of sp³-hybridized carbons (Fsp3) is 0.214. The first kappa shape index (κ1) is 14.1. The zero-order valence-corrected chi connectivity index (χ0v) is 12.9. The minimum Gasteiger partial charge on any atom is -0.343 e. The first-order valence-electron chi connectivity index (χ1n) is 6.40. The molecule has 0 fully saturated rings. The van der Waals surface area contributed by atoms with E-state index in [0.29, 0.717) is 17.0 Å². The molecule has 108 valence electrons. The molecule has 1 atom stereocenters. The lowest BCUT2D eigenvalue weighted by molar-refractivity contribution is -0.113. The first-order chi connectivity index (χ1) is 10.1. The summed E-state index contributed by atoms with van der Waals surface area (Å²) in [5.41, 5.74) is 1.23. The average Bonchev–Trinajstić information content (AvgIpc) is 3.00. The summed E-state index contributed by atoms with van der Waals surface area (Å²) in [7, 11) is 0. The minimum atomic E-state index is -0.176. The summed E-state index contributed by atoms with van der Waals surface area (Å²) < 4.78 is 0. The van der Waals surface area contributed by atoms with Gasteiger partial charge in [-0.1, -0.05) is 0 Å². The maximum absolute atomic E-state index is 12.3. The second-order valence-electron chi connectivity index (χ2n) is 4.61. The fourth-order valence-electron chi connectivity index (χ4n) is 2.01. The normalized spacial score (nSPS) is 15.0. The summed E-state index contributed by atoms with van der Waals surface area (Å²) in [5.74, 6) is 0.200. The lowest BCUT2D eigenvalue weighted by Gasteiger charge is -2.17. The Kier molecular flexibility index (Phi) is 3.94. The largest absolute Gasteiger partial charge is 0.343 e. The molecule has 7 heteroatoms. The van der Waals surface area contributed by atoms with Crippen LogP contribution in [-0.4, -0.2) is 22.6 Å². The maximum atomic E-state index is 12.3. The molecule has 3 rings (SSSR count). The third kappa shape index (κ3) is 3.08. The van der Waals surface area contributed by atoms with E-state index in [9.17, 15) is 9.59 Å². The quantitative estimate of drug-likeness (QED) is 0.912. The Hall–Kier alpha value is -1.86. The van der Waals surface area contributed by atoms with Crippen LogP contribution in [0.4, 0.5) is 5.69 Å². The Morgan fingerprint density at radius 2 is 2.33 bits per heavy atom. The molecule has 0 aliphatic carbocycles. The monoisotopic (exact) mass is 319 g/mol. The lowest BCUT2D eigenvalue weighted by Crippen LogP contribution is -2.27. The highest BCUT2D eigenvalue weighted by atomic mass is 32.2. The Morgan fingerprint density at radius 1 is 1.48 bits per heavy atom. The molecule has 0 unspecified atom stereocenters. The highest BCUT2D eigenvalue weighted by molar-refractivity contribution is 8.00.